The van der Waals surface area contributed by atoms with Crippen LogP contribution in [0.3, 0.4) is 0 Å². The number of aliphatic hydroxyl groups is 1. The van der Waals surface area contributed by atoms with Gasteiger partial charge in [0.15, 0.2) is 0 Å². The normalized spacial score (nSPS) is 19.8. The monoisotopic (exact) mass is 216 g/mol. The standard InChI is InChI=1S/C13H16N2O/c1-10-4-5-15(8-10)13-3-2-11(9-16)6-12(13)7-14/h2-3,6,10,16H,4-5,8-9H2,1H3. The Kier molecular flexibility index (Phi) is 3.12. The van der Waals surface area contributed by atoms with Crippen LogP contribution < -0.4 is 4.90 Å². The van der Waals surface area contributed by atoms with Crippen molar-refractivity contribution < 1.29 is 5.11 Å². The van der Waals surface area contributed by atoms with Crippen molar-refractivity contribution in [3.8, 4) is 6.07 Å². The van der Waals surface area contributed by atoms with Gasteiger partial charge in [-0.1, -0.05) is 13.0 Å². The maximum atomic E-state index is 9.11. The lowest BCUT2D eigenvalue weighted by Gasteiger charge is -2.19. The number of rotatable bonds is 2. The Morgan fingerprint density at radius 2 is 2.38 bits per heavy atom. The summed E-state index contributed by atoms with van der Waals surface area (Å²) in [7, 11) is 0. The first-order valence-corrected chi connectivity index (χ1v) is 5.63. The molecular weight excluding hydrogens is 200 g/mol. The van der Waals surface area contributed by atoms with E-state index in [1.54, 1.807) is 6.07 Å². The number of anilines is 1. The van der Waals surface area contributed by atoms with Gasteiger partial charge in [-0.05, 0) is 30.0 Å². The van der Waals surface area contributed by atoms with Crippen LogP contribution in [0, 0.1) is 17.2 Å². The molecule has 0 spiro atoms. The van der Waals surface area contributed by atoms with Gasteiger partial charge in [0.25, 0.3) is 0 Å². The molecule has 1 saturated heterocycles. The van der Waals surface area contributed by atoms with Crippen LogP contribution in [0.15, 0.2) is 18.2 Å². The largest absolute Gasteiger partial charge is 0.392 e. The molecular formula is C13H16N2O. The minimum absolute atomic E-state index is 0.00857. The number of nitrogens with zero attached hydrogens (tertiary/aromatic N) is 2. The van der Waals surface area contributed by atoms with Crippen LogP contribution in [0.5, 0.6) is 0 Å². The second-order valence-corrected chi connectivity index (χ2v) is 4.46. The van der Waals surface area contributed by atoms with E-state index in [4.69, 9.17) is 10.4 Å². The van der Waals surface area contributed by atoms with Crippen LogP contribution in [-0.2, 0) is 6.61 Å². The highest BCUT2D eigenvalue weighted by atomic mass is 16.3. The van der Waals surface area contributed by atoms with Gasteiger partial charge in [0.05, 0.1) is 17.9 Å². The molecule has 0 aliphatic carbocycles. The van der Waals surface area contributed by atoms with E-state index in [9.17, 15) is 0 Å². The van der Waals surface area contributed by atoms with Gasteiger partial charge in [0.2, 0.25) is 0 Å². The average Bonchev–Trinajstić information content (AvgIpc) is 2.74. The van der Waals surface area contributed by atoms with Crippen molar-refractivity contribution in [1.29, 1.82) is 5.26 Å². The van der Waals surface area contributed by atoms with Crippen molar-refractivity contribution in [2.45, 2.75) is 20.0 Å². The molecule has 3 heteroatoms. The lowest BCUT2D eigenvalue weighted by Crippen LogP contribution is -2.20. The highest BCUT2D eigenvalue weighted by Crippen LogP contribution is 2.27. The van der Waals surface area contributed by atoms with Gasteiger partial charge >= 0.3 is 0 Å². The zero-order valence-corrected chi connectivity index (χ0v) is 9.48. The fourth-order valence-corrected chi connectivity index (χ4v) is 2.20. The van der Waals surface area contributed by atoms with E-state index in [0.29, 0.717) is 11.5 Å². The maximum absolute atomic E-state index is 9.11. The zero-order valence-electron chi connectivity index (χ0n) is 9.48. The van der Waals surface area contributed by atoms with Crippen LogP contribution in [0.4, 0.5) is 5.69 Å². The Labute approximate surface area is 95.9 Å². The summed E-state index contributed by atoms with van der Waals surface area (Å²) in [5, 5.41) is 18.1. The lowest BCUT2D eigenvalue weighted by atomic mass is 10.1. The van der Waals surface area contributed by atoms with Crippen molar-refractivity contribution >= 4 is 5.69 Å². The summed E-state index contributed by atoms with van der Waals surface area (Å²) < 4.78 is 0. The molecule has 1 atom stereocenters. The molecule has 1 aromatic rings. The van der Waals surface area contributed by atoms with Crippen LogP contribution in [0.1, 0.15) is 24.5 Å². The average molecular weight is 216 g/mol. The number of hydrogen-bond donors (Lipinski definition) is 1. The van der Waals surface area contributed by atoms with Gasteiger partial charge in [-0.2, -0.15) is 5.26 Å². The molecule has 0 saturated carbocycles. The summed E-state index contributed by atoms with van der Waals surface area (Å²) in [5.41, 5.74) is 2.47. The maximum Gasteiger partial charge on any atom is 0.101 e. The topological polar surface area (TPSA) is 47.3 Å². The van der Waals surface area contributed by atoms with Gasteiger partial charge in [-0.15, -0.1) is 0 Å². The molecule has 1 aliphatic rings. The first-order chi connectivity index (χ1) is 7.74. The quantitative estimate of drug-likeness (QED) is 0.821. The molecule has 1 aromatic carbocycles. The summed E-state index contributed by atoms with van der Waals surface area (Å²) in [5.74, 6) is 0.698. The number of nitriles is 1. The van der Waals surface area contributed by atoms with E-state index >= 15 is 0 Å². The Morgan fingerprint density at radius 1 is 1.56 bits per heavy atom. The van der Waals surface area contributed by atoms with E-state index in [1.807, 2.05) is 12.1 Å². The highest BCUT2D eigenvalue weighted by molar-refractivity contribution is 5.61. The van der Waals surface area contributed by atoms with Gasteiger partial charge < -0.3 is 10.0 Å². The summed E-state index contributed by atoms with van der Waals surface area (Å²) in [6.45, 7) is 4.26. The van der Waals surface area contributed by atoms with Crippen LogP contribution in [-0.4, -0.2) is 18.2 Å². The van der Waals surface area contributed by atoms with Crippen molar-refractivity contribution in [3.05, 3.63) is 29.3 Å². The molecule has 0 radical (unpaired) electrons. The molecule has 84 valence electrons. The predicted octanol–water partition coefficient (Wildman–Crippen LogP) is 1.90. The van der Waals surface area contributed by atoms with E-state index < -0.39 is 0 Å². The molecule has 3 nitrogen and oxygen atoms in total. The molecule has 0 amide bonds. The van der Waals surface area contributed by atoms with Crippen LogP contribution in [0.2, 0.25) is 0 Å². The van der Waals surface area contributed by atoms with Crippen LogP contribution >= 0.6 is 0 Å². The summed E-state index contributed by atoms with van der Waals surface area (Å²) >= 11 is 0. The van der Waals surface area contributed by atoms with Gasteiger partial charge in [0.1, 0.15) is 6.07 Å². The molecule has 1 unspecified atom stereocenters. The molecule has 0 bridgehead atoms. The Hall–Kier alpha value is -1.53. The summed E-state index contributed by atoms with van der Waals surface area (Å²) in [6.07, 6.45) is 1.19. The van der Waals surface area contributed by atoms with Crippen molar-refractivity contribution in [1.82, 2.24) is 0 Å². The number of aliphatic hydroxyl groups excluding tert-OH is 1. The predicted molar refractivity (Wildman–Crippen MR) is 63.1 cm³/mol. The van der Waals surface area contributed by atoms with Gasteiger partial charge in [-0.3, -0.25) is 0 Å². The molecule has 16 heavy (non-hydrogen) atoms. The molecule has 2 rings (SSSR count). The third kappa shape index (κ3) is 2.02. The second kappa shape index (κ2) is 4.54. The number of benzene rings is 1. The molecule has 1 aliphatic heterocycles. The van der Waals surface area contributed by atoms with Crippen molar-refractivity contribution in [3.63, 3.8) is 0 Å². The molecule has 0 aromatic heterocycles. The van der Waals surface area contributed by atoms with Gasteiger partial charge in [0, 0.05) is 13.1 Å². The minimum Gasteiger partial charge on any atom is -0.392 e. The fourth-order valence-electron chi connectivity index (χ4n) is 2.20. The Bertz CT molecular complexity index is 422. The zero-order chi connectivity index (χ0) is 11.5. The SMILES string of the molecule is CC1CCN(c2ccc(CO)cc2C#N)C1. The Morgan fingerprint density at radius 3 is 2.94 bits per heavy atom. The van der Waals surface area contributed by atoms with Crippen LogP contribution in [0.25, 0.3) is 0 Å². The lowest BCUT2D eigenvalue weighted by molar-refractivity contribution is 0.282. The van der Waals surface area contributed by atoms with E-state index in [0.717, 1.165) is 24.3 Å². The summed E-state index contributed by atoms with van der Waals surface area (Å²) in [4.78, 5) is 2.25. The highest BCUT2D eigenvalue weighted by Gasteiger charge is 2.20. The molecule has 1 N–H and O–H groups in total. The fraction of sp³-hybridized carbons (Fsp3) is 0.462. The van der Waals surface area contributed by atoms with Gasteiger partial charge in [-0.25, -0.2) is 0 Å². The first kappa shape index (κ1) is 11.0. The van der Waals surface area contributed by atoms with Crippen molar-refractivity contribution in [2.24, 2.45) is 5.92 Å². The minimum atomic E-state index is -0.00857. The first-order valence-electron chi connectivity index (χ1n) is 5.63. The van der Waals surface area contributed by atoms with Crippen molar-refractivity contribution in [2.75, 3.05) is 18.0 Å². The van der Waals surface area contributed by atoms with E-state index in [2.05, 4.69) is 17.9 Å². The second-order valence-electron chi connectivity index (χ2n) is 4.46. The molecule has 1 fully saturated rings. The third-order valence-corrected chi connectivity index (χ3v) is 3.13. The molecule has 1 heterocycles. The van der Waals surface area contributed by atoms with E-state index in [-0.39, 0.29) is 6.61 Å². The summed E-state index contributed by atoms with van der Waals surface area (Å²) in [6, 6.07) is 7.82. The third-order valence-electron chi connectivity index (χ3n) is 3.13. The number of hydrogen-bond acceptors (Lipinski definition) is 3. The smallest absolute Gasteiger partial charge is 0.101 e. The van der Waals surface area contributed by atoms with E-state index in [1.165, 1.54) is 6.42 Å². The Balaban J connectivity index is 2.31.